The molecule has 1 aromatic rings. The van der Waals surface area contributed by atoms with Gasteiger partial charge in [-0.2, -0.15) is 0 Å². The molecule has 1 aliphatic carbocycles. The molecule has 0 spiro atoms. The Morgan fingerprint density at radius 1 is 1.32 bits per heavy atom. The number of likely N-dealkylation sites (tertiary alicyclic amines) is 1. The van der Waals surface area contributed by atoms with Gasteiger partial charge in [0.25, 0.3) is 0 Å². The number of aldehydes is 1. The summed E-state index contributed by atoms with van der Waals surface area (Å²) in [5.41, 5.74) is 3.76. The van der Waals surface area contributed by atoms with Crippen LogP contribution in [-0.4, -0.2) is 29.8 Å². The predicted octanol–water partition coefficient (Wildman–Crippen LogP) is 3.53. The van der Waals surface area contributed by atoms with Gasteiger partial charge in [0.2, 0.25) is 0 Å². The lowest BCUT2D eigenvalue weighted by atomic mass is 9.79. The minimum atomic E-state index is 0.365. The normalized spacial score (nSPS) is 27.5. The van der Waals surface area contributed by atoms with E-state index in [0.717, 1.165) is 24.7 Å². The maximum absolute atomic E-state index is 10.9. The molecule has 0 aromatic heterocycles. The van der Waals surface area contributed by atoms with Crippen LogP contribution in [0, 0.1) is 0 Å². The molecule has 0 saturated carbocycles. The van der Waals surface area contributed by atoms with Gasteiger partial charge in [-0.1, -0.05) is 24.3 Å². The zero-order valence-electron chi connectivity index (χ0n) is 11.6. The molecule has 1 aliphatic heterocycles. The number of carbonyl (C=O) groups excluding carboxylic acids is 1. The van der Waals surface area contributed by atoms with E-state index in [1.165, 1.54) is 37.1 Å². The molecule has 2 heteroatoms. The molecule has 2 aliphatic rings. The van der Waals surface area contributed by atoms with Crippen molar-refractivity contribution in [1.82, 2.24) is 4.90 Å². The van der Waals surface area contributed by atoms with Gasteiger partial charge in [-0.3, -0.25) is 9.69 Å². The Labute approximate surface area is 115 Å². The van der Waals surface area contributed by atoms with Crippen LogP contribution >= 0.6 is 0 Å². The van der Waals surface area contributed by atoms with Crippen LogP contribution in [0.1, 0.15) is 48.5 Å². The van der Waals surface area contributed by atoms with E-state index < -0.39 is 0 Å². The van der Waals surface area contributed by atoms with Crippen LogP contribution in [0.15, 0.2) is 30.3 Å². The summed E-state index contributed by atoms with van der Waals surface area (Å²) in [5.74, 6) is 0. The summed E-state index contributed by atoms with van der Waals surface area (Å²) in [5, 5.41) is 0. The number of allylic oxidation sites excluding steroid dienone is 1. The minimum absolute atomic E-state index is 0.365. The summed E-state index contributed by atoms with van der Waals surface area (Å²) in [4.78, 5) is 13.5. The Hall–Kier alpha value is -1.41. The van der Waals surface area contributed by atoms with Crippen LogP contribution in [0.3, 0.4) is 0 Å². The molecule has 1 unspecified atom stereocenters. The van der Waals surface area contributed by atoms with Crippen molar-refractivity contribution in [2.45, 2.75) is 38.1 Å². The highest BCUT2D eigenvalue weighted by Crippen LogP contribution is 2.38. The van der Waals surface area contributed by atoms with E-state index in [0.29, 0.717) is 5.54 Å². The van der Waals surface area contributed by atoms with Gasteiger partial charge < -0.3 is 0 Å². The predicted molar refractivity (Wildman–Crippen MR) is 78.3 cm³/mol. The Bertz CT molecular complexity index is 516. The minimum Gasteiger partial charge on any atom is -0.298 e. The fourth-order valence-corrected chi connectivity index (χ4v) is 3.17. The summed E-state index contributed by atoms with van der Waals surface area (Å²) in [6.45, 7) is 4.92. The molecule has 1 aromatic carbocycles. The first-order chi connectivity index (χ1) is 9.21. The van der Waals surface area contributed by atoms with Crippen molar-refractivity contribution in [3.8, 4) is 0 Å². The van der Waals surface area contributed by atoms with Crippen LogP contribution in [0.25, 0.3) is 5.57 Å². The number of benzene rings is 1. The van der Waals surface area contributed by atoms with Gasteiger partial charge in [-0.25, -0.2) is 0 Å². The van der Waals surface area contributed by atoms with Crippen molar-refractivity contribution < 1.29 is 4.79 Å². The van der Waals surface area contributed by atoms with Gasteiger partial charge in [-0.15, -0.1) is 0 Å². The number of nitrogens with zero attached hydrogens (tertiary/aromatic N) is 1. The SMILES string of the molecule is CC1(N2CCC2)CC=C(c2cccc(C=O)c2)CC1. The lowest BCUT2D eigenvalue weighted by Gasteiger charge is -2.48. The van der Waals surface area contributed by atoms with E-state index in [1.807, 2.05) is 18.2 Å². The monoisotopic (exact) mass is 255 g/mol. The van der Waals surface area contributed by atoms with Crippen molar-refractivity contribution in [3.63, 3.8) is 0 Å². The highest BCUT2D eigenvalue weighted by atomic mass is 16.1. The number of hydrogen-bond donors (Lipinski definition) is 0. The molecule has 1 heterocycles. The van der Waals surface area contributed by atoms with E-state index in [4.69, 9.17) is 0 Å². The van der Waals surface area contributed by atoms with Crippen molar-refractivity contribution in [1.29, 1.82) is 0 Å². The van der Waals surface area contributed by atoms with E-state index in [1.54, 1.807) is 0 Å². The third-order valence-electron chi connectivity index (χ3n) is 4.73. The second-order valence-corrected chi connectivity index (χ2v) is 6.01. The zero-order valence-corrected chi connectivity index (χ0v) is 11.6. The quantitative estimate of drug-likeness (QED) is 0.770. The molecule has 0 N–H and O–H groups in total. The van der Waals surface area contributed by atoms with E-state index in [-0.39, 0.29) is 0 Å². The van der Waals surface area contributed by atoms with Gasteiger partial charge in [0, 0.05) is 11.1 Å². The van der Waals surface area contributed by atoms with Gasteiger partial charge >= 0.3 is 0 Å². The molecular weight excluding hydrogens is 234 g/mol. The van der Waals surface area contributed by atoms with Crippen LogP contribution in [0.4, 0.5) is 0 Å². The second kappa shape index (κ2) is 4.93. The number of carbonyl (C=O) groups is 1. The molecule has 2 nitrogen and oxygen atoms in total. The summed E-state index contributed by atoms with van der Waals surface area (Å²) < 4.78 is 0. The van der Waals surface area contributed by atoms with Gasteiger partial charge in [0.05, 0.1) is 0 Å². The molecule has 1 saturated heterocycles. The standard InChI is InChI=1S/C17H21NO/c1-17(18-10-3-11-18)8-6-15(7-9-17)16-5-2-4-14(12-16)13-19/h2,4-6,12-13H,3,7-11H2,1H3. The highest BCUT2D eigenvalue weighted by Gasteiger charge is 2.36. The topological polar surface area (TPSA) is 20.3 Å². The molecule has 0 amide bonds. The zero-order chi connectivity index (χ0) is 13.3. The smallest absolute Gasteiger partial charge is 0.150 e. The molecular formula is C17H21NO. The van der Waals surface area contributed by atoms with E-state index >= 15 is 0 Å². The second-order valence-electron chi connectivity index (χ2n) is 6.01. The van der Waals surface area contributed by atoms with Crippen LogP contribution in [0.5, 0.6) is 0 Å². The summed E-state index contributed by atoms with van der Waals surface area (Å²) in [7, 11) is 0. The largest absolute Gasteiger partial charge is 0.298 e. The molecule has 3 rings (SSSR count). The molecule has 0 radical (unpaired) electrons. The van der Waals surface area contributed by atoms with Gasteiger partial charge in [0.1, 0.15) is 6.29 Å². The summed E-state index contributed by atoms with van der Waals surface area (Å²) in [6.07, 6.45) is 8.14. The Morgan fingerprint density at radius 3 is 2.74 bits per heavy atom. The Kier molecular flexibility index (Phi) is 3.28. The summed E-state index contributed by atoms with van der Waals surface area (Å²) >= 11 is 0. The van der Waals surface area contributed by atoms with Crippen molar-refractivity contribution in [2.75, 3.05) is 13.1 Å². The molecule has 1 fully saturated rings. The molecule has 1 atom stereocenters. The van der Waals surface area contributed by atoms with Crippen LogP contribution in [-0.2, 0) is 0 Å². The van der Waals surface area contributed by atoms with Crippen molar-refractivity contribution in [3.05, 3.63) is 41.5 Å². The fourth-order valence-electron chi connectivity index (χ4n) is 3.17. The fraction of sp³-hybridized carbons (Fsp3) is 0.471. The van der Waals surface area contributed by atoms with Gasteiger partial charge in [-0.05, 0) is 62.9 Å². The maximum Gasteiger partial charge on any atom is 0.150 e. The van der Waals surface area contributed by atoms with Crippen LogP contribution < -0.4 is 0 Å². The van der Waals surface area contributed by atoms with Crippen molar-refractivity contribution >= 4 is 11.9 Å². The molecule has 100 valence electrons. The van der Waals surface area contributed by atoms with Crippen LogP contribution in [0.2, 0.25) is 0 Å². The molecule has 19 heavy (non-hydrogen) atoms. The third-order valence-corrected chi connectivity index (χ3v) is 4.73. The van der Waals surface area contributed by atoms with Gasteiger partial charge in [0.15, 0.2) is 0 Å². The maximum atomic E-state index is 10.9. The molecule has 0 bridgehead atoms. The average Bonchev–Trinajstić information content (AvgIpc) is 2.37. The first-order valence-corrected chi connectivity index (χ1v) is 7.21. The first-order valence-electron chi connectivity index (χ1n) is 7.21. The number of rotatable bonds is 3. The Balaban J connectivity index is 1.78. The highest BCUT2D eigenvalue weighted by molar-refractivity contribution is 5.78. The van der Waals surface area contributed by atoms with E-state index in [9.17, 15) is 4.79 Å². The lowest BCUT2D eigenvalue weighted by Crippen LogP contribution is -2.53. The average molecular weight is 255 g/mol. The lowest BCUT2D eigenvalue weighted by molar-refractivity contribution is 0.0361. The number of hydrogen-bond acceptors (Lipinski definition) is 2. The van der Waals surface area contributed by atoms with E-state index in [2.05, 4.69) is 24.0 Å². The Morgan fingerprint density at radius 2 is 2.16 bits per heavy atom. The summed E-state index contributed by atoms with van der Waals surface area (Å²) in [6, 6.07) is 7.96. The van der Waals surface area contributed by atoms with Crippen molar-refractivity contribution in [2.24, 2.45) is 0 Å². The third kappa shape index (κ3) is 2.37. The first kappa shape index (κ1) is 12.6.